The number of hydrogen-bond acceptors (Lipinski definition) is 10. The van der Waals surface area contributed by atoms with Crippen molar-refractivity contribution < 1.29 is 42.4 Å². The molecule has 3 N–H and O–H groups in total. The SMILES string of the molecule is C1CCOC1.CC(C)OC(=O)c1ccc(Nc2cccc(-c3cccnc3Cl)c2)c(N)c1.CC(C)OC(=O)c1ccc2c(c1)ncn2-c1cccc(-c2cccnc2Cl)c1.[V]. The molecular formula is C47H46Cl2N6O5V. The zero-order valence-corrected chi connectivity index (χ0v) is 37.1. The second-order valence-corrected chi connectivity index (χ2v) is 15.0. The molecule has 8 rings (SSSR count). The second-order valence-electron chi connectivity index (χ2n) is 14.3. The Morgan fingerprint density at radius 2 is 1.28 bits per heavy atom. The number of nitrogen functional groups attached to an aromatic ring is 1. The summed E-state index contributed by atoms with van der Waals surface area (Å²) >= 11 is 12.4. The van der Waals surface area contributed by atoms with E-state index in [1.807, 2.05) is 97.3 Å². The quantitative estimate of drug-likeness (QED) is 0.0816. The van der Waals surface area contributed by atoms with Crippen molar-refractivity contribution in [2.45, 2.75) is 52.7 Å². The Hall–Kier alpha value is -5.69. The Kier molecular flexibility index (Phi) is 16.9. The van der Waals surface area contributed by atoms with E-state index >= 15 is 0 Å². The predicted molar refractivity (Wildman–Crippen MR) is 239 cm³/mol. The summed E-state index contributed by atoms with van der Waals surface area (Å²) in [6, 6.07) is 33.7. The molecule has 4 aromatic carbocycles. The van der Waals surface area contributed by atoms with Crippen molar-refractivity contribution >= 4 is 63.2 Å². The van der Waals surface area contributed by atoms with E-state index in [2.05, 4.69) is 20.3 Å². The van der Waals surface area contributed by atoms with Gasteiger partial charge in [0.05, 0.1) is 45.7 Å². The number of nitrogens with zero attached hydrogens (tertiary/aromatic N) is 4. The maximum atomic E-state index is 12.1. The largest absolute Gasteiger partial charge is 0.459 e. The number of benzene rings is 4. The van der Waals surface area contributed by atoms with Gasteiger partial charge in [0.2, 0.25) is 0 Å². The Morgan fingerprint density at radius 3 is 1.84 bits per heavy atom. The molecule has 14 heteroatoms. The minimum atomic E-state index is -0.392. The molecule has 1 radical (unpaired) electrons. The smallest absolute Gasteiger partial charge is 0.338 e. The number of esters is 2. The van der Waals surface area contributed by atoms with E-state index in [0.29, 0.717) is 32.8 Å². The maximum Gasteiger partial charge on any atom is 0.338 e. The number of nitrogens with two attached hydrogens (primary N) is 1. The van der Waals surface area contributed by atoms with E-state index in [1.54, 1.807) is 62.9 Å². The summed E-state index contributed by atoms with van der Waals surface area (Å²) in [5.74, 6) is -0.740. The van der Waals surface area contributed by atoms with Crippen molar-refractivity contribution in [1.29, 1.82) is 0 Å². The van der Waals surface area contributed by atoms with Crippen LogP contribution in [0.1, 0.15) is 61.3 Å². The summed E-state index contributed by atoms with van der Waals surface area (Å²) in [5.41, 5.74) is 15.2. The minimum absolute atomic E-state index is 0. The number of pyridine rings is 2. The van der Waals surface area contributed by atoms with Gasteiger partial charge < -0.3 is 25.3 Å². The zero-order valence-electron chi connectivity index (χ0n) is 34.2. The molecular weight excluding hydrogens is 850 g/mol. The molecule has 4 heterocycles. The fourth-order valence-electron chi connectivity index (χ4n) is 6.17. The monoisotopic (exact) mass is 895 g/mol. The number of hydrogen-bond donors (Lipinski definition) is 2. The third-order valence-electron chi connectivity index (χ3n) is 8.99. The van der Waals surface area contributed by atoms with Gasteiger partial charge in [0.15, 0.2) is 0 Å². The number of carbonyl (C=O) groups excluding carboxylic acids is 2. The van der Waals surface area contributed by atoms with Crippen molar-refractivity contribution in [3.8, 4) is 27.9 Å². The van der Waals surface area contributed by atoms with Crippen LogP contribution in [0.2, 0.25) is 10.3 Å². The molecule has 1 aliphatic rings. The molecule has 0 atom stereocenters. The van der Waals surface area contributed by atoms with Crippen LogP contribution < -0.4 is 11.1 Å². The maximum absolute atomic E-state index is 12.1. The van der Waals surface area contributed by atoms with Gasteiger partial charge in [-0.25, -0.2) is 24.5 Å². The molecule has 11 nitrogen and oxygen atoms in total. The van der Waals surface area contributed by atoms with Crippen LogP contribution in [0, 0.1) is 0 Å². The third-order valence-corrected chi connectivity index (χ3v) is 9.59. The first-order valence-corrected chi connectivity index (χ1v) is 20.3. The van der Waals surface area contributed by atoms with Crippen LogP contribution in [0.15, 0.2) is 128 Å². The summed E-state index contributed by atoms with van der Waals surface area (Å²) in [6.45, 7) is 9.26. The zero-order chi connectivity index (χ0) is 42.6. The van der Waals surface area contributed by atoms with Gasteiger partial charge in [0, 0.05) is 66.7 Å². The van der Waals surface area contributed by atoms with Crippen molar-refractivity contribution in [2.75, 3.05) is 24.3 Å². The predicted octanol–water partition coefficient (Wildman–Crippen LogP) is 11.4. The molecule has 1 aliphatic heterocycles. The van der Waals surface area contributed by atoms with Gasteiger partial charge in [0.1, 0.15) is 16.6 Å². The van der Waals surface area contributed by atoms with Crippen molar-refractivity contribution in [2.24, 2.45) is 0 Å². The molecule has 7 aromatic rings. The number of aromatic nitrogens is 4. The Bertz CT molecular complexity index is 2570. The fourth-order valence-corrected chi connectivity index (χ4v) is 6.63. The first kappa shape index (κ1) is 46.4. The average molecular weight is 897 g/mol. The van der Waals surface area contributed by atoms with Crippen LogP contribution in [-0.4, -0.2) is 56.9 Å². The average Bonchev–Trinajstić information content (AvgIpc) is 3.96. The number of halogens is 2. The van der Waals surface area contributed by atoms with Gasteiger partial charge in [-0.1, -0.05) is 47.5 Å². The number of ether oxygens (including phenoxy) is 3. The molecule has 0 aliphatic carbocycles. The molecule has 0 unspecified atom stereocenters. The van der Waals surface area contributed by atoms with Crippen LogP contribution in [0.3, 0.4) is 0 Å². The van der Waals surface area contributed by atoms with Crippen LogP contribution in [0.4, 0.5) is 17.1 Å². The van der Waals surface area contributed by atoms with E-state index in [0.717, 1.165) is 57.9 Å². The second kappa shape index (κ2) is 22.2. The van der Waals surface area contributed by atoms with Crippen LogP contribution >= 0.6 is 23.2 Å². The normalized spacial score (nSPS) is 11.8. The first-order chi connectivity index (χ1) is 29.0. The van der Waals surface area contributed by atoms with E-state index in [1.165, 1.54) is 12.8 Å². The molecule has 0 saturated carbocycles. The summed E-state index contributed by atoms with van der Waals surface area (Å²) in [7, 11) is 0. The summed E-state index contributed by atoms with van der Waals surface area (Å²) in [4.78, 5) is 36.8. The Labute approximate surface area is 377 Å². The molecule has 0 bridgehead atoms. The van der Waals surface area contributed by atoms with E-state index < -0.39 is 5.97 Å². The van der Waals surface area contributed by atoms with Crippen LogP contribution in [-0.2, 0) is 32.8 Å². The number of imidazole rings is 1. The van der Waals surface area contributed by atoms with Crippen molar-refractivity contribution in [3.05, 3.63) is 149 Å². The Morgan fingerprint density at radius 1 is 0.705 bits per heavy atom. The molecule has 0 amide bonds. The summed E-state index contributed by atoms with van der Waals surface area (Å²) in [6.07, 6.45) is 7.27. The molecule has 61 heavy (non-hydrogen) atoms. The minimum Gasteiger partial charge on any atom is -0.459 e. The number of carbonyl (C=O) groups is 2. The molecule has 1 saturated heterocycles. The Balaban J connectivity index is 0.000000204. The van der Waals surface area contributed by atoms with Crippen LogP contribution in [0.5, 0.6) is 0 Å². The molecule has 1 fully saturated rings. The van der Waals surface area contributed by atoms with Crippen LogP contribution in [0.25, 0.3) is 39.0 Å². The van der Waals surface area contributed by atoms with E-state index in [4.69, 9.17) is 43.1 Å². The van der Waals surface area contributed by atoms with Crippen molar-refractivity contribution in [1.82, 2.24) is 19.5 Å². The number of rotatable bonds is 9. The van der Waals surface area contributed by atoms with E-state index in [-0.39, 0.29) is 36.7 Å². The van der Waals surface area contributed by atoms with Crippen molar-refractivity contribution in [3.63, 3.8) is 0 Å². The number of nitrogens with one attached hydrogen (secondary N) is 1. The third kappa shape index (κ3) is 12.7. The number of fused-ring (bicyclic) bond motifs is 1. The summed E-state index contributed by atoms with van der Waals surface area (Å²) in [5, 5.41) is 4.18. The molecule has 3 aromatic heterocycles. The standard InChI is InChI=1S/C22H18ClN3O2.C21H20ClN3O2.C4H8O.V/c1-14(2)28-22(27)16-8-9-20-19(12-16)25-13-26(20)17-6-3-5-15(11-17)18-7-4-10-24-21(18)23;1-13(2)27-21(26)15-8-9-19(18(23)12-15)25-16-6-3-5-14(11-16)17-7-4-10-24-20(17)22;1-2-4-5-3-1;/h3-14H,1-2H3;3-13,25H,23H2,1-2H3;1-4H2;. The topological polar surface area (TPSA) is 143 Å². The van der Waals surface area contributed by atoms with Gasteiger partial charge in [-0.2, -0.15) is 0 Å². The fraction of sp³-hybridized carbons (Fsp3) is 0.213. The van der Waals surface area contributed by atoms with Gasteiger partial charge in [-0.05, 0) is 137 Å². The molecule has 313 valence electrons. The van der Waals surface area contributed by atoms with Gasteiger partial charge >= 0.3 is 11.9 Å². The van der Waals surface area contributed by atoms with E-state index in [9.17, 15) is 9.59 Å². The van der Waals surface area contributed by atoms with Gasteiger partial charge in [-0.3, -0.25) is 4.57 Å². The van der Waals surface area contributed by atoms with Gasteiger partial charge in [0.25, 0.3) is 0 Å². The first-order valence-electron chi connectivity index (χ1n) is 19.5. The number of anilines is 3. The van der Waals surface area contributed by atoms with Gasteiger partial charge in [-0.15, -0.1) is 0 Å². The summed E-state index contributed by atoms with van der Waals surface area (Å²) < 4.78 is 17.4. The molecule has 0 spiro atoms.